The molecule has 0 heterocycles. The number of nitrogens with one attached hydrogen (secondary N) is 2. The standard InChI is InChI=1S/C17H15N3O6S/c1-25-17(22)13-7-3-5-9-15(13)27(23,24)20-19-16(21)11-26-14-8-4-2-6-12(14)10-18/h2-9,20H,11H2,1H3,(H,19,21). The lowest BCUT2D eigenvalue weighted by molar-refractivity contribution is -0.123. The SMILES string of the molecule is COC(=O)c1ccccc1S(=O)(=O)NNC(=O)COc1ccccc1C#N. The minimum Gasteiger partial charge on any atom is -0.482 e. The van der Waals surface area contributed by atoms with Crippen molar-refractivity contribution in [3.05, 3.63) is 59.7 Å². The number of nitriles is 1. The highest BCUT2D eigenvalue weighted by atomic mass is 32.2. The van der Waals surface area contributed by atoms with Crippen LogP contribution in [0, 0.1) is 11.3 Å². The largest absolute Gasteiger partial charge is 0.482 e. The van der Waals surface area contributed by atoms with E-state index in [1.807, 2.05) is 16.3 Å². The molecule has 2 aromatic carbocycles. The molecule has 27 heavy (non-hydrogen) atoms. The first-order chi connectivity index (χ1) is 12.9. The van der Waals surface area contributed by atoms with Gasteiger partial charge in [-0.1, -0.05) is 24.3 Å². The van der Waals surface area contributed by atoms with Gasteiger partial charge < -0.3 is 9.47 Å². The highest BCUT2D eigenvalue weighted by Gasteiger charge is 2.23. The monoisotopic (exact) mass is 389 g/mol. The minimum absolute atomic E-state index is 0.180. The van der Waals surface area contributed by atoms with Gasteiger partial charge in [0.2, 0.25) is 0 Å². The molecule has 0 bridgehead atoms. The van der Waals surface area contributed by atoms with Crippen molar-refractivity contribution in [2.24, 2.45) is 0 Å². The lowest BCUT2D eigenvalue weighted by atomic mass is 10.2. The molecule has 1 amide bonds. The number of benzene rings is 2. The summed E-state index contributed by atoms with van der Waals surface area (Å²) in [5.41, 5.74) is 2.03. The summed E-state index contributed by atoms with van der Waals surface area (Å²) in [7, 11) is -3.11. The van der Waals surface area contributed by atoms with Crippen molar-refractivity contribution in [2.75, 3.05) is 13.7 Å². The maximum atomic E-state index is 12.3. The van der Waals surface area contributed by atoms with Gasteiger partial charge in [0.05, 0.1) is 23.1 Å². The van der Waals surface area contributed by atoms with E-state index < -0.39 is 28.5 Å². The molecule has 0 unspecified atom stereocenters. The second kappa shape index (κ2) is 8.79. The Morgan fingerprint density at radius 3 is 2.48 bits per heavy atom. The molecular weight excluding hydrogens is 374 g/mol. The summed E-state index contributed by atoms with van der Waals surface area (Å²) < 4.78 is 34.4. The van der Waals surface area contributed by atoms with Crippen LogP contribution in [0.25, 0.3) is 0 Å². The van der Waals surface area contributed by atoms with E-state index in [1.54, 1.807) is 12.1 Å². The van der Waals surface area contributed by atoms with Gasteiger partial charge in [-0.2, -0.15) is 5.26 Å². The number of hydrogen-bond donors (Lipinski definition) is 2. The molecule has 0 aliphatic heterocycles. The van der Waals surface area contributed by atoms with E-state index in [0.717, 1.165) is 7.11 Å². The highest BCUT2D eigenvalue weighted by Crippen LogP contribution is 2.17. The van der Waals surface area contributed by atoms with Crippen LogP contribution in [0.5, 0.6) is 5.75 Å². The second-order valence-corrected chi connectivity index (χ2v) is 6.69. The summed E-state index contributed by atoms with van der Waals surface area (Å²) in [6, 6.07) is 13.6. The van der Waals surface area contributed by atoms with E-state index in [0.29, 0.717) is 0 Å². The summed E-state index contributed by atoms with van der Waals surface area (Å²) in [4.78, 5) is 25.0. The first-order valence-electron chi connectivity index (χ1n) is 7.49. The molecule has 0 aliphatic rings. The van der Waals surface area contributed by atoms with Crippen LogP contribution in [0.1, 0.15) is 15.9 Å². The van der Waals surface area contributed by atoms with Gasteiger partial charge in [-0.25, -0.2) is 13.2 Å². The molecule has 0 atom stereocenters. The van der Waals surface area contributed by atoms with Gasteiger partial charge >= 0.3 is 5.97 Å². The van der Waals surface area contributed by atoms with Crippen LogP contribution in [0.15, 0.2) is 53.4 Å². The van der Waals surface area contributed by atoms with Crippen molar-refractivity contribution >= 4 is 21.9 Å². The number of nitrogens with zero attached hydrogens (tertiary/aromatic N) is 1. The predicted octanol–water partition coefficient (Wildman–Crippen LogP) is 0.733. The Morgan fingerprint density at radius 2 is 1.78 bits per heavy atom. The summed E-state index contributed by atoms with van der Waals surface area (Å²) >= 11 is 0. The third-order valence-corrected chi connectivity index (χ3v) is 4.58. The Bertz CT molecular complexity index is 998. The van der Waals surface area contributed by atoms with Crippen LogP contribution >= 0.6 is 0 Å². The summed E-state index contributed by atoms with van der Waals surface area (Å²) in [6.07, 6.45) is 0. The van der Waals surface area contributed by atoms with Crippen molar-refractivity contribution in [3.63, 3.8) is 0 Å². The summed E-state index contributed by atoms with van der Waals surface area (Å²) in [5.74, 6) is -1.45. The molecule has 0 aliphatic carbocycles. The molecule has 9 nitrogen and oxygen atoms in total. The molecule has 0 saturated carbocycles. The molecule has 0 spiro atoms. The maximum absolute atomic E-state index is 12.3. The van der Waals surface area contributed by atoms with E-state index in [-0.39, 0.29) is 21.8 Å². The van der Waals surface area contributed by atoms with Gasteiger partial charge in [-0.05, 0) is 24.3 Å². The van der Waals surface area contributed by atoms with E-state index in [1.165, 1.54) is 36.4 Å². The lowest BCUT2D eigenvalue weighted by Crippen LogP contribution is -2.44. The topological polar surface area (TPSA) is 135 Å². The van der Waals surface area contributed by atoms with Gasteiger partial charge in [-0.3, -0.25) is 10.2 Å². The maximum Gasteiger partial charge on any atom is 0.339 e. The van der Waals surface area contributed by atoms with Crippen LogP contribution < -0.4 is 15.0 Å². The van der Waals surface area contributed by atoms with Crippen molar-refractivity contribution in [2.45, 2.75) is 4.90 Å². The van der Waals surface area contributed by atoms with Crippen LogP contribution in [0.2, 0.25) is 0 Å². The zero-order valence-corrected chi connectivity index (χ0v) is 14.9. The zero-order chi connectivity index (χ0) is 19.9. The molecule has 2 aromatic rings. The smallest absolute Gasteiger partial charge is 0.339 e. The molecule has 0 fully saturated rings. The Morgan fingerprint density at radius 1 is 1.11 bits per heavy atom. The molecule has 0 radical (unpaired) electrons. The summed E-state index contributed by atoms with van der Waals surface area (Å²) in [6.45, 7) is -0.528. The van der Waals surface area contributed by atoms with E-state index in [9.17, 15) is 18.0 Å². The lowest BCUT2D eigenvalue weighted by Gasteiger charge is -2.12. The van der Waals surface area contributed by atoms with Crippen LogP contribution in [0.4, 0.5) is 0 Å². The van der Waals surface area contributed by atoms with Crippen molar-refractivity contribution < 1.29 is 27.5 Å². The average molecular weight is 389 g/mol. The van der Waals surface area contributed by atoms with Crippen molar-refractivity contribution in [1.29, 1.82) is 5.26 Å². The van der Waals surface area contributed by atoms with Gasteiger partial charge in [0, 0.05) is 0 Å². The number of esters is 1. The minimum atomic E-state index is -4.23. The van der Waals surface area contributed by atoms with Gasteiger partial charge in [0.15, 0.2) is 6.61 Å². The Kier molecular flexibility index (Phi) is 6.48. The number of amides is 1. The third-order valence-electron chi connectivity index (χ3n) is 3.27. The Balaban J connectivity index is 2.02. The second-order valence-electron chi connectivity index (χ2n) is 5.04. The van der Waals surface area contributed by atoms with E-state index >= 15 is 0 Å². The fourth-order valence-electron chi connectivity index (χ4n) is 2.02. The number of sulfonamides is 1. The highest BCUT2D eigenvalue weighted by molar-refractivity contribution is 7.89. The van der Waals surface area contributed by atoms with Gasteiger partial charge in [0.25, 0.3) is 15.9 Å². The number of methoxy groups -OCH3 is 1. The first kappa shape index (κ1) is 19.9. The average Bonchev–Trinajstić information content (AvgIpc) is 2.70. The van der Waals surface area contributed by atoms with Crippen molar-refractivity contribution in [3.8, 4) is 11.8 Å². The first-order valence-corrected chi connectivity index (χ1v) is 8.97. The quantitative estimate of drug-likeness (QED) is 0.526. The Hall–Kier alpha value is -3.42. The number of ether oxygens (including phenoxy) is 2. The van der Waals surface area contributed by atoms with Crippen molar-refractivity contribution in [1.82, 2.24) is 10.3 Å². The molecule has 2 N–H and O–H groups in total. The number of para-hydroxylation sites is 1. The molecule has 0 aromatic heterocycles. The molecular formula is C17H15N3O6S. The molecule has 140 valence electrons. The summed E-state index contributed by atoms with van der Waals surface area (Å²) in [5, 5.41) is 8.95. The normalized spacial score (nSPS) is 10.5. The zero-order valence-electron chi connectivity index (χ0n) is 14.1. The molecule has 10 heteroatoms. The van der Waals surface area contributed by atoms with E-state index in [4.69, 9.17) is 10.00 Å². The Labute approximate surface area is 155 Å². The molecule has 2 rings (SSSR count). The number of hydrazine groups is 1. The number of carbonyl (C=O) groups is 2. The van der Waals surface area contributed by atoms with Crippen LogP contribution in [-0.4, -0.2) is 34.0 Å². The molecule has 0 saturated heterocycles. The predicted molar refractivity (Wildman–Crippen MR) is 92.9 cm³/mol. The number of hydrogen-bond acceptors (Lipinski definition) is 7. The van der Waals surface area contributed by atoms with Crippen LogP contribution in [-0.2, 0) is 19.6 Å². The fraction of sp³-hybridized carbons (Fsp3) is 0.118. The van der Waals surface area contributed by atoms with Gasteiger partial charge in [0.1, 0.15) is 11.8 Å². The fourth-order valence-corrected chi connectivity index (χ4v) is 3.08. The number of carbonyl (C=O) groups excluding carboxylic acids is 2. The third kappa shape index (κ3) is 5.04. The van der Waals surface area contributed by atoms with Crippen LogP contribution in [0.3, 0.4) is 0 Å². The van der Waals surface area contributed by atoms with Gasteiger partial charge in [-0.15, -0.1) is 4.83 Å². The number of rotatable bonds is 7. The van der Waals surface area contributed by atoms with E-state index in [2.05, 4.69) is 4.74 Å².